The van der Waals surface area contributed by atoms with E-state index in [2.05, 4.69) is 21.3 Å². The maximum Gasteiger partial charge on any atom is 0.319 e. The summed E-state index contributed by atoms with van der Waals surface area (Å²) in [5.74, 6) is 0.334. The Morgan fingerprint density at radius 1 is 1.29 bits per heavy atom. The molecule has 1 aliphatic rings. The van der Waals surface area contributed by atoms with Crippen molar-refractivity contribution in [3.05, 3.63) is 29.8 Å². The Morgan fingerprint density at radius 3 is 2.62 bits per heavy atom. The lowest BCUT2D eigenvalue weighted by atomic mass is 10.0. The Labute approximate surface area is 124 Å². The SMILES string of the molecule is CC(C)NC(=O)Nc1ccccc1C(=O)NCC1CNC1. The molecule has 1 heterocycles. The first-order chi connectivity index (χ1) is 10.1. The maximum absolute atomic E-state index is 12.2. The summed E-state index contributed by atoms with van der Waals surface area (Å²) >= 11 is 0. The third-order valence-electron chi connectivity index (χ3n) is 3.26. The van der Waals surface area contributed by atoms with Crippen LogP contribution in [0.5, 0.6) is 0 Å². The summed E-state index contributed by atoms with van der Waals surface area (Å²) in [6.45, 7) is 6.29. The van der Waals surface area contributed by atoms with Gasteiger partial charge < -0.3 is 21.3 Å². The van der Waals surface area contributed by atoms with E-state index in [1.54, 1.807) is 24.3 Å². The summed E-state index contributed by atoms with van der Waals surface area (Å²) in [4.78, 5) is 24.0. The van der Waals surface area contributed by atoms with Gasteiger partial charge in [0.05, 0.1) is 11.3 Å². The van der Waals surface area contributed by atoms with Crippen LogP contribution in [0.1, 0.15) is 24.2 Å². The topological polar surface area (TPSA) is 82.3 Å². The molecule has 0 spiro atoms. The third kappa shape index (κ3) is 4.46. The zero-order valence-electron chi connectivity index (χ0n) is 12.4. The highest BCUT2D eigenvalue weighted by Crippen LogP contribution is 2.15. The molecule has 21 heavy (non-hydrogen) atoms. The fraction of sp³-hybridized carbons (Fsp3) is 0.467. The van der Waals surface area contributed by atoms with Gasteiger partial charge in [-0.2, -0.15) is 0 Å². The zero-order chi connectivity index (χ0) is 15.2. The molecule has 0 aromatic heterocycles. The third-order valence-corrected chi connectivity index (χ3v) is 3.26. The van der Waals surface area contributed by atoms with Gasteiger partial charge in [-0.1, -0.05) is 12.1 Å². The van der Waals surface area contributed by atoms with Gasteiger partial charge in [0.25, 0.3) is 5.91 Å². The van der Waals surface area contributed by atoms with Crippen molar-refractivity contribution in [2.24, 2.45) is 5.92 Å². The van der Waals surface area contributed by atoms with E-state index >= 15 is 0 Å². The molecule has 4 N–H and O–H groups in total. The summed E-state index contributed by atoms with van der Waals surface area (Å²) in [6.07, 6.45) is 0. The average molecular weight is 290 g/mol. The van der Waals surface area contributed by atoms with E-state index in [0.29, 0.717) is 23.7 Å². The number of para-hydroxylation sites is 1. The van der Waals surface area contributed by atoms with Crippen molar-refractivity contribution >= 4 is 17.6 Å². The van der Waals surface area contributed by atoms with Crippen LogP contribution >= 0.6 is 0 Å². The van der Waals surface area contributed by atoms with Gasteiger partial charge in [-0.05, 0) is 26.0 Å². The quantitative estimate of drug-likeness (QED) is 0.657. The second kappa shape index (κ2) is 7.08. The molecule has 1 aromatic rings. The smallest absolute Gasteiger partial charge is 0.319 e. The Morgan fingerprint density at radius 2 is 2.00 bits per heavy atom. The number of benzene rings is 1. The first-order valence-electron chi connectivity index (χ1n) is 7.21. The largest absolute Gasteiger partial charge is 0.352 e. The van der Waals surface area contributed by atoms with Gasteiger partial charge in [0.2, 0.25) is 0 Å². The lowest BCUT2D eigenvalue weighted by Crippen LogP contribution is -2.48. The van der Waals surface area contributed by atoms with E-state index in [-0.39, 0.29) is 18.0 Å². The highest BCUT2D eigenvalue weighted by molar-refractivity contribution is 6.03. The van der Waals surface area contributed by atoms with Gasteiger partial charge in [-0.25, -0.2) is 4.79 Å². The first kappa shape index (κ1) is 15.3. The minimum atomic E-state index is -0.312. The maximum atomic E-state index is 12.2. The van der Waals surface area contributed by atoms with Crippen LogP contribution in [0.15, 0.2) is 24.3 Å². The number of hydrogen-bond acceptors (Lipinski definition) is 3. The molecule has 1 aromatic carbocycles. The van der Waals surface area contributed by atoms with Crippen LogP contribution in [-0.4, -0.2) is 37.6 Å². The van der Waals surface area contributed by atoms with Gasteiger partial charge in [0.1, 0.15) is 0 Å². The molecular weight excluding hydrogens is 268 g/mol. The second-order valence-corrected chi connectivity index (χ2v) is 5.53. The number of hydrogen-bond donors (Lipinski definition) is 4. The highest BCUT2D eigenvalue weighted by atomic mass is 16.2. The molecular formula is C15H22N4O2. The van der Waals surface area contributed by atoms with E-state index in [1.165, 1.54) is 0 Å². The van der Waals surface area contributed by atoms with Crippen LogP contribution in [0.3, 0.4) is 0 Å². The molecule has 6 heteroatoms. The molecule has 0 bridgehead atoms. The van der Waals surface area contributed by atoms with E-state index in [9.17, 15) is 9.59 Å². The minimum absolute atomic E-state index is 0.0390. The van der Waals surface area contributed by atoms with Crippen LogP contribution in [0, 0.1) is 5.92 Å². The van der Waals surface area contributed by atoms with E-state index in [1.807, 2.05) is 13.8 Å². The number of rotatable bonds is 5. The standard InChI is InChI=1S/C15H22N4O2/c1-10(2)18-15(21)19-13-6-4-3-5-12(13)14(20)17-9-11-7-16-8-11/h3-6,10-11,16H,7-9H2,1-2H3,(H,17,20)(H2,18,19,21). The molecule has 0 unspecified atom stereocenters. The normalized spacial score (nSPS) is 14.4. The fourth-order valence-electron chi connectivity index (χ4n) is 2.04. The number of amides is 3. The van der Waals surface area contributed by atoms with Gasteiger partial charge in [-0.15, -0.1) is 0 Å². The Balaban J connectivity index is 1.97. The van der Waals surface area contributed by atoms with Gasteiger partial charge in [-0.3, -0.25) is 4.79 Å². The second-order valence-electron chi connectivity index (χ2n) is 5.53. The van der Waals surface area contributed by atoms with Crippen molar-refractivity contribution in [1.82, 2.24) is 16.0 Å². The molecule has 6 nitrogen and oxygen atoms in total. The molecule has 0 saturated carbocycles. The van der Waals surface area contributed by atoms with Crippen molar-refractivity contribution in [2.75, 3.05) is 25.0 Å². The van der Waals surface area contributed by atoms with Crippen LogP contribution in [-0.2, 0) is 0 Å². The number of urea groups is 1. The lowest BCUT2D eigenvalue weighted by Gasteiger charge is -2.27. The minimum Gasteiger partial charge on any atom is -0.352 e. The van der Waals surface area contributed by atoms with Crippen LogP contribution in [0.4, 0.5) is 10.5 Å². The Kier molecular flexibility index (Phi) is 5.16. The van der Waals surface area contributed by atoms with Crippen molar-refractivity contribution in [1.29, 1.82) is 0 Å². The summed E-state index contributed by atoms with van der Waals surface area (Å²) in [5.41, 5.74) is 0.989. The predicted octanol–water partition coefficient (Wildman–Crippen LogP) is 1.17. The Bertz CT molecular complexity index is 512. The summed E-state index contributed by atoms with van der Waals surface area (Å²) < 4.78 is 0. The summed E-state index contributed by atoms with van der Waals surface area (Å²) in [5, 5.41) is 11.5. The van der Waals surface area contributed by atoms with Crippen LogP contribution in [0.2, 0.25) is 0 Å². The summed E-state index contributed by atoms with van der Waals surface area (Å²) in [7, 11) is 0. The van der Waals surface area contributed by atoms with Crippen molar-refractivity contribution in [3.8, 4) is 0 Å². The number of carbonyl (C=O) groups excluding carboxylic acids is 2. The molecule has 1 fully saturated rings. The molecule has 3 amide bonds. The number of nitrogens with one attached hydrogen (secondary N) is 4. The van der Waals surface area contributed by atoms with Gasteiger partial charge in [0, 0.05) is 31.6 Å². The molecule has 1 aliphatic heterocycles. The van der Waals surface area contributed by atoms with Crippen LogP contribution < -0.4 is 21.3 Å². The van der Waals surface area contributed by atoms with Gasteiger partial charge in [0.15, 0.2) is 0 Å². The van der Waals surface area contributed by atoms with E-state index in [4.69, 9.17) is 0 Å². The van der Waals surface area contributed by atoms with E-state index < -0.39 is 0 Å². The van der Waals surface area contributed by atoms with Crippen molar-refractivity contribution < 1.29 is 9.59 Å². The van der Waals surface area contributed by atoms with Crippen molar-refractivity contribution in [2.45, 2.75) is 19.9 Å². The first-order valence-corrected chi connectivity index (χ1v) is 7.21. The molecule has 2 rings (SSSR count). The summed E-state index contributed by atoms with van der Waals surface area (Å²) in [6, 6.07) is 6.73. The molecule has 0 radical (unpaired) electrons. The molecule has 0 atom stereocenters. The monoisotopic (exact) mass is 290 g/mol. The average Bonchev–Trinajstić information content (AvgIpc) is 2.36. The molecule has 114 valence electrons. The zero-order valence-corrected chi connectivity index (χ0v) is 12.4. The van der Waals surface area contributed by atoms with Crippen LogP contribution in [0.25, 0.3) is 0 Å². The molecule has 1 saturated heterocycles. The predicted molar refractivity (Wildman–Crippen MR) is 82.4 cm³/mol. The number of anilines is 1. The Hall–Kier alpha value is -2.08. The highest BCUT2D eigenvalue weighted by Gasteiger charge is 2.19. The fourth-order valence-corrected chi connectivity index (χ4v) is 2.04. The van der Waals surface area contributed by atoms with E-state index in [0.717, 1.165) is 13.1 Å². The van der Waals surface area contributed by atoms with Gasteiger partial charge >= 0.3 is 6.03 Å². The molecule has 0 aliphatic carbocycles. The number of carbonyl (C=O) groups is 2. The van der Waals surface area contributed by atoms with Crippen molar-refractivity contribution in [3.63, 3.8) is 0 Å². The lowest BCUT2D eigenvalue weighted by molar-refractivity contribution is 0.0943.